The first-order valence-corrected chi connectivity index (χ1v) is 7.02. The Balaban J connectivity index is 2.11. The first kappa shape index (κ1) is 13.2. The van der Waals surface area contributed by atoms with Gasteiger partial charge in [0, 0.05) is 4.88 Å². The minimum atomic E-state index is 0.625. The summed E-state index contributed by atoms with van der Waals surface area (Å²) in [6.45, 7) is 5.06. The zero-order valence-corrected chi connectivity index (χ0v) is 11.5. The van der Waals surface area contributed by atoms with Gasteiger partial charge < -0.3 is 11.1 Å². The summed E-state index contributed by atoms with van der Waals surface area (Å²) in [5.41, 5.74) is 5.64. The van der Waals surface area contributed by atoms with Crippen LogP contribution in [0.2, 0.25) is 0 Å². The lowest BCUT2D eigenvalue weighted by Crippen LogP contribution is -2.29. The van der Waals surface area contributed by atoms with Gasteiger partial charge in [0.1, 0.15) is 0 Å². The standard InChI is InChI=1S/C11H19BrN2S/c1-2-9(7-13)8-14-6-5-10-3-4-11(12)15-10/h3-4,9,14H,2,5-8,13H2,1H3. The van der Waals surface area contributed by atoms with E-state index in [1.165, 1.54) is 8.66 Å². The summed E-state index contributed by atoms with van der Waals surface area (Å²) in [6, 6.07) is 4.28. The van der Waals surface area contributed by atoms with Crippen molar-refractivity contribution in [2.45, 2.75) is 19.8 Å². The van der Waals surface area contributed by atoms with Crippen LogP contribution in [0.25, 0.3) is 0 Å². The second kappa shape index (κ2) is 7.39. The van der Waals surface area contributed by atoms with Gasteiger partial charge in [-0.15, -0.1) is 11.3 Å². The highest BCUT2D eigenvalue weighted by atomic mass is 79.9. The predicted molar refractivity (Wildman–Crippen MR) is 71.4 cm³/mol. The fourth-order valence-electron chi connectivity index (χ4n) is 1.40. The zero-order chi connectivity index (χ0) is 11.1. The minimum absolute atomic E-state index is 0.625. The molecule has 1 unspecified atom stereocenters. The van der Waals surface area contributed by atoms with E-state index < -0.39 is 0 Å². The molecule has 1 aromatic heterocycles. The predicted octanol–water partition coefficient (Wildman–Crippen LogP) is 2.63. The molecule has 0 aliphatic carbocycles. The molecule has 0 saturated heterocycles. The summed E-state index contributed by atoms with van der Waals surface area (Å²) in [5, 5.41) is 3.46. The van der Waals surface area contributed by atoms with Crippen LogP contribution in [0.4, 0.5) is 0 Å². The van der Waals surface area contributed by atoms with E-state index >= 15 is 0 Å². The lowest BCUT2D eigenvalue weighted by molar-refractivity contribution is 0.474. The Morgan fingerprint density at radius 1 is 1.53 bits per heavy atom. The largest absolute Gasteiger partial charge is 0.330 e. The average Bonchev–Trinajstić information content (AvgIpc) is 2.65. The van der Waals surface area contributed by atoms with Gasteiger partial charge in [-0.25, -0.2) is 0 Å². The molecule has 0 spiro atoms. The van der Waals surface area contributed by atoms with E-state index in [0.29, 0.717) is 5.92 Å². The van der Waals surface area contributed by atoms with Crippen molar-refractivity contribution >= 4 is 27.3 Å². The van der Waals surface area contributed by atoms with E-state index in [1.807, 2.05) is 11.3 Å². The van der Waals surface area contributed by atoms with Crippen molar-refractivity contribution in [3.8, 4) is 0 Å². The summed E-state index contributed by atoms with van der Waals surface area (Å²) >= 11 is 5.28. The third kappa shape index (κ3) is 5.11. The van der Waals surface area contributed by atoms with Gasteiger partial charge in [0.15, 0.2) is 0 Å². The molecule has 1 atom stereocenters. The number of rotatable bonds is 7. The first-order valence-electron chi connectivity index (χ1n) is 5.41. The smallest absolute Gasteiger partial charge is 0.0701 e. The van der Waals surface area contributed by atoms with Crippen LogP contribution in [-0.4, -0.2) is 19.6 Å². The number of hydrogen-bond acceptors (Lipinski definition) is 3. The van der Waals surface area contributed by atoms with Crippen molar-refractivity contribution < 1.29 is 0 Å². The van der Waals surface area contributed by atoms with Crippen molar-refractivity contribution in [2.24, 2.45) is 11.7 Å². The summed E-state index contributed by atoms with van der Waals surface area (Å²) in [4.78, 5) is 1.43. The van der Waals surface area contributed by atoms with Crippen molar-refractivity contribution in [3.05, 3.63) is 20.8 Å². The zero-order valence-electron chi connectivity index (χ0n) is 9.13. The molecule has 0 fully saturated rings. The quantitative estimate of drug-likeness (QED) is 0.758. The molecule has 1 aromatic rings. The van der Waals surface area contributed by atoms with E-state index in [2.05, 4.69) is 40.3 Å². The van der Waals surface area contributed by atoms with E-state index in [-0.39, 0.29) is 0 Å². The molecule has 3 N–H and O–H groups in total. The molecule has 0 radical (unpaired) electrons. The Hall–Kier alpha value is 0.1000. The number of hydrogen-bond donors (Lipinski definition) is 2. The monoisotopic (exact) mass is 290 g/mol. The second-order valence-corrected chi connectivity index (χ2v) is 6.22. The van der Waals surface area contributed by atoms with Gasteiger partial charge in [-0.3, -0.25) is 0 Å². The third-order valence-electron chi connectivity index (χ3n) is 2.52. The number of halogens is 1. The Morgan fingerprint density at radius 3 is 2.87 bits per heavy atom. The SMILES string of the molecule is CCC(CN)CNCCc1ccc(Br)s1. The molecule has 1 heterocycles. The fraction of sp³-hybridized carbons (Fsp3) is 0.636. The van der Waals surface area contributed by atoms with Gasteiger partial charge in [-0.05, 0) is 60.0 Å². The van der Waals surface area contributed by atoms with E-state index in [9.17, 15) is 0 Å². The molecule has 0 aromatic carbocycles. The minimum Gasteiger partial charge on any atom is -0.330 e. The van der Waals surface area contributed by atoms with Crippen LogP contribution < -0.4 is 11.1 Å². The topological polar surface area (TPSA) is 38.0 Å². The highest BCUT2D eigenvalue weighted by Gasteiger charge is 2.02. The number of nitrogens with one attached hydrogen (secondary N) is 1. The molecular weight excluding hydrogens is 272 g/mol. The van der Waals surface area contributed by atoms with Crippen molar-refractivity contribution in [2.75, 3.05) is 19.6 Å². The number of nitrogens with two attached hydrogens (primary N) is 1. The van der Waals surface area contributed by atoms with Gasteiger partial charge in [0.2, 0.25) is 0 Å². The Morgan fingerprint density at radius 2 is 2.33 bits per heavy atom. The van der Waals surface area contributed by atoms with Gasteiger partial charge in [-0.2, -0.15) is 0 Å². The normalized spacial score (nSPS) is 13.0. The first-order chi connectivity index (χ1) is 7.26. The second-order valence-electron chi connectivity index (χ2n) is 3.67. The summed E-state index contributed by atoms with van der Waals surface area (Å²) in [7, 11) is 0. The van der Waals surface area contributed by atoms with Gasteiger partial charge in [0.05, 0.1) is 3.79 Å². The Bertz CT molecular complexity index is 271. The lowest BCUT2D eigenvalue weighted by Gasteiger charge is -2.12. The molecule has 86 valence electrons. The lowest BCUT2D eigenvalue weighted by atomic mass is 10.1. The van der Waals surface area contributed by atoms with E-state index in [0.717, 1.165) is 32.5 Å². The molecule has 0 bridgehead atoms. The van der Waals surface area contributed by atoms with Gasteiger partial charge >= 0.3 is 0 Å². The molecule has 4 heteroatoms. The maximum absolute atomic E-state index is 5.64. The highest BCUT2D eigenvalue weighted by molar-refractivity contribution is 9.11. The van der Waals surface area contributed by atoms with Gasteiger partial charge in [-0.1, -0.05) is 13.3 Å². The Kier molecular flexibility index (Phi) is 6.48. The van der Waals surface area contributed by atoms with E-state index in [1.54, 1.807) is 0 Å². The molecule has 1 rings (SSSR count). The van der Waals surface area contributed by atoms with E-state index in [4.69, 9.17) is 5.73 Å². The fourth-order valence-corrected chi connectivity index (χ4v) is 2.88. The van der Waals surface area contributed by atoms with Crippen molar-refractivity contribution in [1.82, 2.24) is 5.32 Å². The van der Waals surface area contributed by atoms with Gasteiger partial charge in [0.25, 0.3) is 0 Å². The van der Waals surface area contributed by atoms with Crippen LogP contribution in [0.1, 0.15) is 18.2 Å². The molecule has 15 heavy (non-hydrogen) atoms. The molecule has 0 aliphatic rings. The summed E-state index contributed by atoms with van der Waals surface area (Å²) in [5.74, 6) is 0.625. The number of thiophene rings is 1. The molecule has 0 saturated carbocycles. The Labute approximate surface area is 104 Å². The molecule has 2 nitrogen and oxygen atoms in total. The van der Waals surface area contributed by atoms with Crippen LogP contribution in [-0.2, 0) is 6.42 Å². The molecular formula is C11H19BrN2S. The van der Waals surface area contributed by atoms with Crippen LogP contribution in [0, 0.1) is 5.92 Å². The summed E-state index contributed by atoms with van der Waals surface area (Å²) in [6.07, 6.45) is 2.27. The van der Waals surface area contributed by atoms with Crippen LogP contribution >= 0.6 is 27.3 Å². The van der Waals surface area contributed by atoms with Crippen LogP contribution in [0.15, 0.2) is 15.9 Å². The third-order valence-corrected chi connectivity index (χ3v) is 4.20. The van der Waals surface area contributed by atoms with Crippen molar-refractivity contribution in [1.29, 1.82) is 0 Å². The average molecular weight is 291 g/mol. The molecule has 0 amide bonds. The molecule has 0 aliphatic heterocycles. The maximum Gasteiger partial charge on any atom is 0.0701 e. The van der Waals surface area contributed by atoms with Crippen LogP contribution in [0.3, 0.4) is 0 Å². The maximum atomic E-state index is 5.64. The van der Waals surface area contributed by atoms with Crippen molar-refractivity contribution in [3.63, 3.8) is 0 Å². The highest BCUT2D eigenvalue weighted by Crippen LogP contribution is 2.21. The van der Waals surface area contributed by atoms with Crippen LogP contribution in [0.5, 0.6) is 0 Å². The summed E-state index contributed by atoms with van der Waals surface area (Å²) < 4.78 is 1.21.